The molecule has 0 unspecified atom stereocenters. The predicted octanol–water partition coefficient (Wildman–Crippen LogP) is 0.668. The number of esters is 2. The summed E-state index contributed by atoms with van der Waals surface area (Å²) in [5.74, 6) is -1.09. The van der Waals surface area contributed by atoms with Gasteiger partial charge in [-0.25, -0.2) is 0 Å². The molecule has 0 fully saturated rings. The molecule has 0 spiro atoms. The van der Waals surface area contributed by atoms with E-state index in [1.807, 2.05) is 0 Å². The summed E-state index contributed by atoms with van der Waals surface area (Å²) in [4.78, 5) is 21.5. The van der Waals surface area contributed by atoms with Gasteiger partial charge in [0.2, 0.25) is 6.29 Å². The molecule has 0 radical (unpaired) electrons. The van der Waals surface area contributed by atoms with Gasteiger partial charge in [0.25, 0.3) is 0 Å². The van der Waals surface area contributed by atoms with Crippen LogP contribution in [0.1, 0.15) is 13.3 Å². The SMILES string of the molecule is CCC(OC(=O)CS)OC(=O)CS. The van der Waals surface area contributed by atoms with Gasteiger partial charge in [-0.1, -0.05) is 6.92 Å². The van der Waals surface area contributed by atoms with Crippen molar-refractivity contribution in [3.05, 3.63) is 0 Å². The van der Waals surface area contributed by atoms with E-state index in [9.17, 15) is 9.59 Å². The average Bonchev–Trinajstić information content (AvgIpc) is 2.16. The van der Waals surface area contributed by atoms with Gasteiger partial charge in [-0.15, -0.1) is 0 Å². The summed E-state index contributed by atoms with van der Waals surface area (Å²) in [6, 6.07) is 0. The van der Waals surface area contributed by atoms with E-state index in [1.165, 1.54) is 0 Å². The fourth-order valence-corrected chi connectivity index (χ4v) is 0.708. The Labute approximate surface area is 87.8 Å². The molecule has 0 atom stereocenters. The molecule has 0 aromatic carbocycles. The molecule has 0 aromatic rings. The summed E-state index contributed by atoms with van der Waals surface area (Å²) < 4.78 is 9.46. The third-order valence-electron chi connectivity index (χ3n) is 1.12. The minimum atomic E-state index is -0.820. The van der Waals surface area contributed by atoms with Crippen LogP contribution in [0.5, 0.6) is 0 Å². The highest BCUT2D eigenvalue weighted by Gasteiger charge is 2.14. The van der Waals surface area contributed by atoms with Crippen molar-refractivity contribution in [3.8, 4) is 0 Å². The second kappa shape index (κ2) is 7.08. The third-order valence-corrected chi connectivity index (χ3v) is 1.63. The predicted molar refractivity (Wildman–Crippen MR) is 54.0 cm³/mol. The Bertz CT molecular complexity index is 165. The van der Waals surface area contributed by atoms with Crippen molar-refractivity contribution in [2.24, 2.45) is 0 Å². The largest absolute Gasteiger partial charge is 0.425 e. The van der Waals surface area contributed by atoms with Crippen LogP contribution in [0, 0.1) is 0 Å². The Morgan fingerprint density at radius 1 is 1.15 bits per heavy atom. The minimum Gasteiger partial charge on any atom is -0.425 e. The van der Waals surface area contributed by atoms with E-state index in [2.05, 4.69) is 25.3 Å². The quantitative estimate of drug-likeness (QED) is 0.409. The van der Waals surface area contributed by atoms with Crippen molar-refractivity contribution in [1.29, 1.82) is 0 Å². The van der Waals surface area contributed by atoms with Gasteiger partial charge in [0, 0.05) is 6.42 Å². The molecule has 0 aliphatic carbocycles. The van der Waals surface area contributed by atoms with Crippen molar-refractivity contribution < 1.29 is 19.1 Å². The Balaban J connectivity index is 3.89. The number of hydrogen-bond acceptors (Lipinski definition) is 6. The standard InChI is InChI=1S/C7H12O4S2/c1-2-7(10-5(8)3-12)11-6(9)4-13/h7,12-13H,2-4H2,1H3. The van der Waals surface area contributed by atoms with Gasteiger partial charge in [0.1, 0.15) is 0 Å². The number of rotatable bonds is 5. The Kier molecular flexibility index (Phi) is 6.89. The van der Waals surface area contributed by atoms with E-state index in [4.69, 9.17) is 9.47 Å². The van der Waals surface area contributed by atoms with Crippen LogP contribution in [-0.4, -0.2) is 29.7 Å². The van der Waals surface area contributed by atoms with E-state index in [-0.39, 0.29) is 11.5 Å². The molecule has 76 valence electrons. The topological polar surface area (TPSA) is 52.6 Å². The molecule has 0 aliphatic heterocycles. The second-order valence-electron chi connectivity index (χ2n) is 2.13. The Morgan fingerprint density at radius 2 is 1.54 bits per heavy atom. The lowest BCUT2D eigenvalue weighted by molar-refractivity contribution is -0.184. The molecule has 6 heteroatoms. The van der Waals surface area contributed by atoms with Gasteiger partial charge in [0.15, 0.2) is 0 Å². The van der Waals surface area contributed by atoms with Crippen molar-refractivity contribution >= 4 is 37.2 Å². The highest BCUT2D eigenvalue weighted by Crippen LogP contribution is 2.02. The Hall–Kier alpha value is -0.360. The number of carbonyl (C=O) groups is 2. The van der Waals surface area contributed by atoms with E-state index < -0.39 is 18.2 Å². The monoisotopic (exact) mass is 224 g/mol. The zero-order chi connectivity index (χ0) is 10.3. The third kappa shape index (κ3) is 5.81. The van der Waals surface area contributed by atoms with Gasteiger partial charge in [0.05, 0.1) is 11.5 Å². The first-order chi connectivity index (χ1) is 6.13. The minimum absolute atomic E-state index is 0.0328. The van der Waals surface area contributed by atoms with Crippen molar-refractivity contribution in [3.63, 3.8) is 0 Å². The van der Waals surface area contributed by atoms with Crippen LogP contribution in [-0.2, 0) is 19.1 Å². The smallest absolute Gasteiger partial charge is 0.318 e. The molecular weight excluding hydrogens is 212 g/mol. The van der Waals surface area contributed by atoms with Gasteiger partial charge < -0.3 is 9.47 Å². The van der Waals surface area contributed by atoms with E-state index in [0.29, 0.717) is 6.42 Å². The first-order valence-corrected chi connectivity index (χ1v) is 5.01. The lowest BCUT2D eigenvalue weighted by atomic mass is 10.5. The number of thiol groups is 2. The molecule has 13 heavy (non-hydrogen) atoms. The molecular formula is C7H12O4S2. The first-order valence-electron chi connectivity index (χ1n) is 3.74. The van der Waals surface area contributed by atoms with Gasteiger partial charge in [-0.3, -0.25) is 9.59 Å². The van der Waals surface area contributed by atoms with Crippen LogP contribution >= 0.6 is 25.3 Å². The molecule has 0 saturated carbocycles. The van der Waals surface area contributed by atoms with Crippen LogP contribution in [0.25, 0.3) is 0 Å². The lowest BCUT2D eigenvalue weighted by Gasteiger charge is -2.15. The van der Waals surface area contributed by atoms with Crippen LogP contribution in [0.2, 0.25) is 0 Å². The van der Waals surface area contributed by atoms with Gasteiger partial charge in [-0.05, 0) is 0 Å². The molecule has 0 saturated heterocycles. The normalized spacial score (nSPS) is 9.85. The van der Waals surface area contributed by atoms with Crippen molar-refractivity contribution in [2.45, 2.75) is 19.6 Å². The van der Waals surface area contributed by atoms with E-state index >= 15 is 0 Å². The molecule has 0 bridgehead atoms. The molecule has 0 aromatic heterocycles. The molecule has 0 amide bonds. The van der Waals surface area contributed by atoms with Crippen LogP contribution in [0.15, 0.2) is 0 Å². The number of carbonyl (C=O) groups excluding carboxylic acids is 2. The average molecular weight is 224 g/mol. The van der Waals surface area contributed by atoms with Crippen molar-refractivity contribution in [2.75, 3.05) is 11.5 Å². The van der Waals surface area contributed by atoms with Gasteiger partial charge >= 0.3 is 11.9 Å². The summed E-state index contributed by atoms with van der Waals surface area (Å²) in [5.41, 5.74) is 0. The molecule has 4 nitrogen and oxygen atoms in total. The summed E-state index contributed by atoms with van der Waals surface area (Å²) in [6.07, 6.45) is -0.404. The van der Waals surface area contributed by atoms with Crippen molar-refractivity contribution in [1.82, 2.24) is 0 Å². The van der Waals surface area contributed by atoms with Crippen LogP contribution < -0.4 is 0 Å². The van der Waals surface area contributed by atoms with E-state index in [1.54, 1.807) is 6.92 Å². The summed E-state index contributed by atoms with van der Waals surface area (Å²) in [6.45, 7) is 1.74. The highest BCUT2D eigenvalue weighted by atomic mass is 32.1. The summed E-state index contributed by atoms with van der Waals surface area (Å²) in [7, 11) is 0. The number of ether oxygens (including phenoxy) is 2. The maximum Gasteiger partial charge on any atom is 0.318 e. The van der Waals surface area contributed by atoms with Gasteiger partial charge in [-0.2, -0.15) is 25.3 Å². The Morgan fingerprint density at radius 3 is 1.77 bits per heavy atom. The molecule has 0 N–H and O–H groups in total. The number of hydrogen-bond donors (Lipinski definition) is 2. The zero-order valence-electron chi connectivity index (χ0n) is 7.23. The van der Waals surface area contributed by atoms with Crippen LogP contribution in [0.4, 0.5) is 0 Å². The molecule has 0 heterocycles. The second-order valence-corrected chi connectivity index (χ2v) is 2.77. The highest BCUT2D eigenvalue weighted by molar-refractivity contribution is 7.81. The summed E-state index contributed by atoms with van der Waals surface area (Å²) >= 11 is 7.42. The zero-order valence-corrected chi connectivity index (χ0v) is 9.01. The van der Waals surface area contributed by atoms with E-state index in [0.717, 1.165) is 0 Å². The lowest BCUT2D eigenvalue weighted by Crippen LogP contribution is -2.25. The summed E-state index contributed by atoms with van der Waals surface area (Å²) in [5, 5.41) is 0. The maximum absolute atomic E-state index is 10.7. The molecule has 0 rings (SSSR count). The molecule has 0 aliphatic rings. The fourth-order valence-electron chi connectivity index (χ4n) is 0.558. The first kappa shape index (κ1) is 12.6. The van der Waals surface area contributed by atoms with Crippen LogP contribution in [0.3, 0.4) is 0 Å². The maximum atomic E-state index is 10.7. The fraction of sp³-hybridized carbons (Fsp3) is 0.714.